The van der Waals surface area contributed by atoms with E-state index in [1.54, 1.807) is 24.3 Å². The summed E-state index contributed by atoms with van der Waals surface area (Å²) in [5, 5.41) is 0. The van der Waals surface area contributed by atoms with Gasteiger partial charge in [-0.05, 0) is 6.08 Å². The third-order valence-corrected chi connectivity index (χ3v) is 1.28. The summed E-state index contributed by atoms with van der Waals surface area (Å²) in [4.78, 5) is 0. The summed E-state index contributed by atoms with van der Waals surface area (Å²) in [6, 6.07) is 0. The molecule has 0 saturated carbocycles. The molecule has 0 spiro atoms. The van der Waals surface area contributed by atoms with Crippen molar-refractivity contribution in [3.63, 3.8) is 0 Å². The normalized spacial score (nSPS) is 17.4. The van der Waals surface area contributed by atoms with Crippen LogP contribution in [0.5, 0.6) is 0 Å². The van der Waals surface area contributed by atoms with E-state index in [4.69, 9.17) is 4.74 Å². The van der Waals surface area contributed by atoms with Crippen LogP contribution in [0.1, 0.15) is 6.42 Å². The largest absolute Gasteiger partial charge is 0.494 e. The number of hydrogen-bond donors (Lipinski definition) is 0. The Bertz CT molecular complexity index is 201. The number of allylic oxidation sites excluding steroid dienone is 5. The zero-order valence-electron chi connectivity index (χ0n) is 5.80. The first kappa shape index (κ1) is 7.06. The van der Waals surface area contributed by atoms with Crippen molar-refractivity contribution in [1.29, 1.82) is 0 Å². The van der Waals surface area contributed by atoms with Gasteiger partial charge >= 0.3 is 0 Å². The predicted octanol–water partition coefficient (Wildman–Crippen LogP) is 2.33. The van der Waals surface area contributed by atoms with Crippen LogP contribution in [-0.4, -0.2) is 7.11 Å². The molecular formula is C8H9FO. The summed E-state index contributed by atoms with van der Waals surface area (Å²) in [5.41, 5.74) is 0. The maximum atomic E-state index is 12.8. The zero-order valence-corrected chi connectivity index (χ0v) is 5.80. The number of halogens is 1. The van der Waals surface area contributed by atoms with Gasteiger partial charge in [-0.25, -0.2) is 4.39 Å². The van der Waals surface area contributed by atoms with Gasteiger partial charge in [0.05, 0.1) is 7.11 Å². The molecule has 0 radical (unpaired) electrons. The van der Waals surface area contributed by atoms with Gasteiger partial charge in [0, 0.05) is 6.42 Å². The third kappa shape index (κ3) is 1.47. The van der Waals surface area contributed by atoms with E-state index in [1.807, 2.05) is 0 Å². The van der Waals surface area contributed by atoms with Crippen LogP contribution in [0.4, 0.5) is 4.39 Å². The minimum Gasteiger partial charge on any atom is -0.494 e. The van der Waals surface area contributed by atoms with Crippen molar-refractivity contribution in [3.8, 4) is 0 Å². The van der Waals surface area contributed by atoms with Crippen LogP contribution >= 0.6 is 0 Å². The van der Waals surface area contributed by atoms with Crippen LogP contribution in [0, 0.1) is 0 Å². The topological polar surface area (TPSA) is 9.23 Å². The van der Waals surface area contributed by atoms with Crippen molar-refractivity contribution >= 4 is 0 Å². The summed E-state index contributed by atoms with van der Waals surface area (Å²) in [6.45, 7) is 0. The van der Waals surface area contributed by atoms with Gasteiger partial charge in [0.15, 0.2) is 5.76 Å². The molecular weight excluding hydrogens is 131 g/mol. The standard InChI is InChI=1S/C8H9FO/c1-10-8-6-4-2-3-5-7(8)9/h2-4,6H,5H2,1H3. The van der Waals surface area contributed by atoms with Crippen molar-refractivity contribution < 1.29 is 9.13 Å². The molecule has 0 unspecified atom stereocenters. The third-order valence-electron chi connectivity index (χ3n) is 1.28. The molecule has 1 rings (SSSR count). The lowest BCUT2D eigenvalue weighted by molar-refractivity contribution is 0.289. The van der Waals surface area contributed by atoms with Gasteiger partial charge in [-0.3, -0.25) is 0 Å². The SMILES string of the molecule is COC1=C(F)CC=CC=C1. The Kier molecular flexibility index (Phi) is 2.26. The molecule has 0 saturated heterocycles. The molecule has 0 aromatic rings. The minimum absolute atomic E-state index is 0.215. The Morgan fingerprint density at radius 1 is 1.50 bits per heavy atom. The summed E-state index contributed by atoms with van der Waals surface area (Å²) in [5.74, 6) is 0.109. The van der Waals surface area contributed by atoms with Crippen molar-refractivity contribution in [2.45, 2.75) is 6.42 Å². The Morgan fingerprint density at radius 2 is 2.30 bits per heavy atom. The van der Waals surface area contributed by atoms with Crippen LogP contribution in [-0.2, 0) is 4.74 Å². The van der Waals surface area contributed by atoms with Crippen LogP contribution in [0.15, 0.2) is 35.9 Å². The molecule has 1 aliphatic rings. The highest BCUT2D eigenvalue weighted by Gasteiger charge is 2.02. The molecule has 0 N–H and O–H groups in total. The summed E-state index contributed by atoms with van der Waals surface area (Å²) >= 11 is 0. The molecule has 54 valence electrons. The Balaban J connectivity index is 2.82. The van der Waals surface area contributed by atoms with E-state index < -0.39 is 0 Å². The molecule has 0 heterocycles. The van der Waals surface area contributed by atoms with Crippen molar-refractivity contribution in [3.05, 3.63) is 35.9 Å². The van der Waals surface area contributed by atoms with Gasteiger partial charge in [-0.15, -0.1) is 0 Å². The summed E-state index contributed by atoms with van der Waals surface area (Å²) < 4.78 is 17.5. The number of rotatable bonds is 1. The lowest BCUT2D eigenvalue weighted by Crippen LogP contribution is -1.84. The van der Waals surface area contributed by atoms with Crippen molar-refractivity contribution in [2.24, 2.45) is 0 Å². The molecule has 2 heteroatoms. The minimum atomic E-state index is -0.215. The molecule has 0 atom stereocenters. The molecule has 0 fully saturated rings. The first-order valence-electron chi connectivity index (χ1n) is 3.10. The highest BCUT2D eigenvalue weighted by atomic mass is 19.1. The smallest absolute Gasteiger partial charge is 0.150 e. The van der Waals surface area contributed by atoms with Gasteiger partial charge < -0.3 is 4.74 Å². The molecule has 0 amide bonds. The second-order valence-electron chi connectivity index (χ2n) is 1.96. The van der Waals surface area contributed by atoms with E-state index in [0.29, 0.717) is 12.2 Å². The number of methoxy groups -OCH3 is 1. The molecule has 10 heavy (non-hydrogen) atoms. The van der Waals surface area contributed by atoms with Gasteiger partial charge in [0.25, 0.3) is 0 Å². The predicted molar refractivity (Wildman–Crippen MR) is 38.0 cm³/mol. The molecule has 0 aliphatic heterocycles. The van der Waals surface area contributed by atoms with Gasteiger partial charge in [0.2, 0.25) is 0 Å². The summed E-state index contributed by atoms with van der Waals surface area (Å²) in [6.07, 6.45) is 7.24. The van der Waals surface area contributed by atoms with Crippen LogP contribution in [0.2, 0.25) is 0 Å². The molecule has 0 aromatic heterocycles. The van der Waals surface area contributed by atoms with E-state index in [0.717, 1.165) is 0 Å². The Labute approximate surface area is 59.5 Å². The first-order valence-corrected chi connectivity index (χ1v) is 3.10. The van der Waals surface area contributed by atoms with Crippen molar-refractivity contribution in [2.75, 3.05) is 7.11 Å². The fourth-order valence-corrected chi connectivity index (χ4v) is 0.763. The van der Waals surface area contributed by atoms with Crippen LogP contribution < -0.4 is 0 Å². The van der Waals surface area contributed by atoms with E-state index >= 15 is 0 Å². The quantitative estimate of drug-likeness (QED) is 0.543. The average Bonchev–Trinajstić information content (AvgIpc) is 2.13. The average molecular weight is 140 g/mol. The number of ether oxygens (including phenoxy) is 1. The second-order valence-corrected chi connectivity index (χ2v) is 1.96. The van der Waals surface area contributed by atoms with Gasteiger partial charge in [-0.2, -0.15) is 0 Å². The Morgan fingerprint density at radius 3 is 3.00 bits per heavy atom. The monoisotopic (exact) mass is 140 g/mol. The van der Waals surface area contributed by atoms with E-state index in [9.17, 15) is 4.39 Å². The molecule has 1 nitrogen and oxygen atoms in total. The highest BCUT2D eigenvalue weighted by molar-refractivity contribution is 5.24. The molecule has 0 aromatic carbocycles. The maximum absolute atomic E-state index is 12.8. The fourth-order valence-electron chi connectivity index (χ4n) is 0.763. The summed E-state index contributed by atoms with van der Waals surface area (Å²) in [7, 11) is 1.46. The van der Waals surface area contributed by atoms with Crippen molar-refractivity contribution in [1.82, 2.24) is 0 Å². The van der Waals surface area contributed by atoms with E-state index in [1.165, 1.54) is 7.11 Å². The molecule has 1 aliphatic carbocycles. The zero-order chi connectivity index (χ0) is 7.40. The van der Waals surface area contributed by atoms with Crippen LogP contribution in [0.25, 0.3) is 0 Å². The van der Waals surface area contributed by atoms with Crippen LogP contribution in [0.3, 0.4) is 0 Å². The lowest BCUT2D eigenvalue weighted by atomic mass is 10.3. The number of hydrogen-bond acceptors (Lipinski definition) is 1. The van der Waals surface area contributed by atoms with Gasteiger partial charge in [-0.1, -0.05) is 18.2 Å². The first-order chi connectivity index (χ1) is 4.84. The lowest BCUT2D eigenvalue weighted by Gasteiger charge is -1.99. The fraction of sp³-hybridized carbons (Fsp3) is 0.250. The maximum Gasteiger partial charge on any atom is 0.150 e. The Hall–Kier alpha value is -1.05. The van der Waals surface area contributed by atoms with Gasteiger partial charge in [0.1, 0.15) is 5.83 Å². The van der Waals surface area contributed by atoms with E-state index in [2.05, 4.69) is 0 Å². The second kappa shape index (κ2) is 3.20. The van der Waals surface area contributed by atoms with E-state index in [-0.39, 0.29) is 5.83 Å². The molecule has 0 bridgehead atoms. The highest BCUT2D eigenvalue weighted by Crippen LogP contribution is 2.15.